The van der Waals surface area contributed by atoms with Crippen LogP contribution in [0.4, 0.5) is 0 Å². The van der Waals surface area contributed by atoms with Crippen molar-refractivity contribution in [2.75, 3.05) is 6.54 Å². The molecule has 1 aliphatic rings. The zero-order chi connectivity index (χ0) is 16.9. The molecule has 2 unspecified atom stereocenters. The van der Waals surface area contributed by atoms with Crippen molar-refractivity contribution in [2.45, 2.75) is 31.9 Å². The molecule has 0 saturated heterocycles. The van der Waals surface area contributed by atoms with E-state index in [9.17, 15) is 14.7 Å². The SMILES string of the molecule is O=C(Cn1nc(-c2ccccc2)ccc1=O)NCC1CCCC1O. The van der Waals surface area contributed by atoms with Crippen LogP contribution in [0, 0.1) is 5.92 Å². The van der Waals surface area contributed by atoms with E-state index < -0.39 is 0 Å². The van der Waals surface area contributed by atoms with Crippen molar-refractivity contribution in [3.05, 3.63) is 52.8 Å². The zero-order valence-electron chi connectivity index (χ0n) is 13.4. The van der Waals surface area contributed by atoms with Gasteiger partial charge in [-0.2, -0.15) is 5.10 Å². The lowest BCUT2D eigenvalue weighted by atomic mass is 10.1. The summed E-state index contributed by atoms with van der Waals surface area (Å²) in [5, 5.41) is 16.8. The number of aromatic nitrogens is 2. The topological polar surface area (TPSA) is 84.2 Å². The zero-order valence-corrected chi connectivity index (χ0v) is 13.4. The van der Waals surface area contributed by atoms with E-state index in [-0.39, 0.29) is 30.0 Å². The fourth-order valence-electron chi connectivity index (χ4n) is 3.02. The highest BCUT2D eigenvalue weighted by Gasteiger charge is 2.25. The van der Waals surface area contributed by atoms with Crippen LogP contribution in [0.3, 0.4) is 0 Å². The molecule has 0 bridgehead atoms. The molecular formula is C18H21N3O3. The summed E-state index contributed by atoms with van der Waals surface area (Å²) in [6.07, 6.45) is 2.36. The van der Waals surface area contributed by atoms with Crippen molar-refractivity contribution in [1.82, 2.24) is 15.1 Å². The first kappa shape index (κ1) is 16.4. The van der Waals surface area contributed by atoms with Gasteiger partial charge in [-0.1, -0.05) is 36.8 Å². The maximum absolute atomic E-state index is 12.1. The third-order valence-corrected chi connectivity index (χ3v) is 4.41. The molecule has 1 aromatic carbocycles. The molecule has 1 fully saturated rings. The molecule has 24 heavy (non-hydrogen) atoms. The third-order valence-electron chi connectivity index (χ3n) is 4.41. The van der Waals surface area contributed by atoms with Crippen LogP contribution in [-0.2, 0) is 11.3 Å². The van der Waals surface area contributed by atoms with Gasteiger partial charge < -0.3 is 10.4 Å². The Balaban J connectivity index is 1.66. The lowest BCUT2D eigenvalue weighted by molar-refractivity contribution is -0.122. The van der Waals surface area contributed by atoms with Crippen LogP contribution >= 0.6 is 0 Å². The Bertz CT molecular complexity index is 758. The van der Waals surface area contributed by atoms with E-state index in [1.807, 2.05) is 30.3 Å². The van der Waals surface area contributed by atoms with E-state index >= 15 is 0 Å². The molecule has 1 heterocycles. The highest BCUT2D eigenvalue weighted by atomic mass is 16.3. The number of amides is 1. The van der Waals surface area contributed by atoms with E-state index in [4.69, 9.17) is 0 Å². The van der Waals surface area contributed by atoms with Crippen LogP contribution in [0.2, 0.25) is 0 Å². The molecule has 126 valence electrons. The van der Waals surface area contributed by atoms with Gasteiger partial charge >= 0.3 is 0 Å². The molecule has 0 aliphatic heterocycles. The Kier molecular flexibility index (Phi) is 5.05. The van der Waals surface area contributed by atoms with Gasteiger partial charge in [-0.05, 0) is 18.9 Å². The molecule has 2 aromatic rings. The number of aliphatic hydroxyl groups excluding tert-OH is 1. The minimum absolute atomic E-state index is 0.106. The molecule has 1 amide bonds. The predicted octanol–water partition coefficient (Wildman–Crippen LogP) is 1.19. The van der Waals surface area contributed by atoms with Crippen molar-refractivity contribution in [1.29, 1.82) is 0 Å². The Morgan fingerprint density at radius 3 is 2.71 bits per heavy atom. The molecule has 1 aromatic heterocycles. The quantitative estimate of drug-likeness (QED) is 0.864. The molecule has 2 atom stereocenters. The first-order valence-electron chi connectivity index (χ1n) is 8.22. The van der Waals surface area contributed by atoms with Crippen LogP contribution in [0.5, 0.6) is 0 Å². The summed E-state index contributed by atoms with van der Waals surface area (Å²) in [5.41, 5.74) is 1.22. The molecule has 0 radical (unpaired) electrons. The molecule has 2 N–H and O–H groups in total. The highest BCUT2D eigenvalue weighted by Crippen LogP contribution is 2.24. The van der Waals surface area contributed by atoms with Gasteiger partial charge in [0.1, 0.15) is 6.54 Å². The maximum atomic E-state index is 12.1. The molecule has 1 aliphatic carbocycles. The van der Waals surface area contributed by atoms with E-state index in [1.165, 1.54) is 10.7 Å². The second kappa shape index (κ2) is 7.40. The number of rotatable bonds is 5. The number of aliphatic hydroxyl groups is 1. The van der Waals surface area contributed by atoms with Crippen molar-refractivity contribution in [3.63, 3.8) is 0 Å². The number of nitrogens with one attached hydrogen (secondary N) is 1. The number of hydrogen-bond donors (Lipinski definition) is 2. The first-order chi connectivity index (χ1) is 11.6. The van der Waals surface area contributed by atoms with Crippen LogP contribution in [0.25, 0.3) is 11.3 Å². The fraction of sp³-hybridized carbons (Fsp3) is 0.389. The van der Waals surface area contributed by atoms with Crippen molar-refractivity contribution in [3.8, 4) is 11.3 Å². The summed E-state index contributed by atoms with van der Waals surface area (Å²) in [7, 11) is 0. The van der Waals surface area contributed by atoms with Gasteiger partial charge in [0.25, 0.3) is 5.56 Å². The lowest BCUT2D eigenvalue weighted by Crippen LogP contribution is -2.37. The van der Waals surface area contributed by atoms with Crippen LogP contribution in [0.1, 0.15) is 19.3 Å². The molecule has 6 heteroatoms. The number of nitrogens with zero attached hydrogens (tertiary/aromatic N) is 2. The fourth-order valence-corrected chi connectivity index (χ4v) is 3.02. The summed E-state index contributed by atoms with van der Waals surface area (Å²) >= 11 is 0. The van der Waals surface area contributed by atoms with E-state index in [2.05, 4.69) is 10.4 Å². The van der Waals surface area contributed by atoms with Crippen LogP contribution in [0.15, 0.2) is 47.3 Å². The number of carbonyl (C=O) groups is 1. The summed E-state index contributed by atoms with van der Waals surface area (Å²) < 4.78 is 1.17. The smallest absolute Gasteiger partial charge is 0.267 e. The molecule has 0 spiro atoms. The predicted molar refractivity (Wildman–Crippen MR) is 90.3 cm³/mol. The van der Waals surface area contributed by atoms with Gasteiger partial charge in [0.05, 0.1) is 11.8 Å². The Hall–Kier alpha value is -2.47. The lowest BCUT2D eigenvalue weighted by Gasteiger charge is -2.15. The molecular weight excluding hydrogens is 306 g/mol. The second-order valence-electron chi connectivity index (χ2n) is 6.14. The van der Waals surface area contributed by atoms with Crippen LogP contribution in [-0.4, -0.2) is 33.4 Å². The Labute approximate surface area is 140 Å². The maximum Gasteiger partial charge on any atom is 0.267 e. The summed E-state index contributed by atoms with van der Waals surface area (Å²) in [6.45, 7) is 0.315. The normalized spacial score (nSPS) is 20.0. The Morgan fingerprint density at radius 2 is 2.00 bits per heavy atom. The molecule has 1 saturated carbocycles. The van der Waals surface area contributed by atoms with Crippen LogP contribution < -0.4 is 10.9 Å². The van der Waals surface area contributed by atoms with Gasteiger partial charge in [0.15, 0.2) is 0 Å². The van der Waals surface area contributed by atoms with E-state index in [1.54, 1.807) is 6.07 Å². The monoisotopic (exact) mass is 327 g/mol. The minimum Gasteiger partial charge on any atom is -0.393 e. The number of benzene rings is 1. The largest absolute Gasteiger partial charge is 0.393 e. The highest BCUT2D eigenvalue weighted by molar-refractivity contribution is 5.75. The molecule has 6 nitrogen and oxygen atoms in total. The number of hydrogen-bond acceptors (Lipinski definition) is 4. The van der Waals surface area contributed by atoms with E-state index in [0.29, 0.717) is 12.2 Å². The van der Waals surface area contributed by atoms with Crippen molar-refractivity contribution < 1.29 is 9.90 Å². The minimum atomic E-state index is -0.340. The summed E-state index contributed by atoms with van der Waals surface area (Å²) in [4.78, 5) is 24.0. The molecule has 3 rings (SSSR count). The summed E-state index contributed by atoms with van der Waals surface area (Å²) in [6, 6.07) is 12.6. The van der Waals surface area contributed by atoms with Gasteiger partial charge in [-0.15, -0.1) is 0 Å². The average Bonchev–Trinajstić information content (AvgIpc) is 3.01. The van der Waals surface area contributed by atoms with Gasteiger partial charge in [-0.3, -0.25) is 9.59 Å². The van der Waals surface area contributed by atoms with Gasteiger partial charge in [0, 0.05) is 24.1 Å². The van der Waals surface area contributed by atoms with Gasteiger partial charge in [-0.25, -0.2) is 4.68 Å². The standard InChI is InChI=1S/C18H21N3O3/c22-16-8-4-7-14(16)11-19-17(23)12-21-18(24)10-9-15(20-21)13-5-2-1-3-6-13/h1-3,5-6,9-10,14,16,22H,4,7-8,11-12H2,(H,19,23). The average molecular weight is 327 g/mol. The van der Waals surface area contributed by atoms with E-state index in [0.717, 1.165) is 24.8 Å². The van der Waals surface area contributed by atoms with Crippen molar-refractivity contribution >= 4 is 5.91 Å². The van der Waals surface area contributed by atoms with Gasteiger partial charge in [0.2, 0.25) is 5.91 Å². The Morgan fingerprint density at radius 1 is 1.21 bits per heavy atom. The first-order valence-corrected chi connectivity index (χ1v) is 8.22. The number of carbonyl (C=O) groups excluding carboxylic acids is 1. The summed E-state index contributed by atoms with van der Waals surface area (Å²) in [5.74, 6) is -0.164. The second-order valence-corrected chi connectivity index (χ2v) is 6.14. The third kappa shape index (κ3) is 3.89. The van der Waals surface area contributed by atoms with Crippen molar-refractivity contribution in [2.24, 2.45) is 5.92 Å².